The van der Waals surface area contributed by atoms with Crippen LogP contribution in [0.1, 0.15) is 16.0 Å². The molecule has 1 unspecified atom stereocenters. The van der Waals surface area contributed by atoms with Crippen LogP contribution in [0.15, 0.2) is 40.9 Å². The van der Waals surface area contributed by atoms with Gasteiger partial charge in [0.05, 0.1) is 4.47 Å². The van der Waals surface area contributed by atoms with E-state index in [0.29, 0.717) is 20.6 Å². The lowest BCUT2D eigenvalue weighted by atomic mass is 10.0. The molecule has 0 amide bonds. The topological polar surface area (TPSA) is 0 Å². The van der Waals surface area contributed by atoms with Crippen LogP contribution in [0.5, 0.6) is 0 Å². The second-order valence-corrected chi connectivity index (χ2v) is 6.38. The number of rotatable bonds is 3. The fourth-order valence-electron chi connectivity index (χ4n) is 1.78. The molecule has 0 radical (unpaired) electrons. The second-order valence-electron chi connectivity index (χ2n) is 4.01. The molecule has 0 saturated carbocycles. The summed E-state index contributed by atoms with van der Waals surface area (Å²) in [4.78, 5) is -0.348. The Morgan fingerprint density at radius 3 is 2.47 bits per heavy atom. The van der Waals surface area contributed by atoms with Gasteiger partial charge in [-0.3, -0.25) is 0 Å². The summed E-state index contributed by atoms with van der Waals surface area (Å²) in [6, 6.07) is 9.53. The summed E-state index contributed by atoms with van der Waals surface area (Å²) < 4.78 is 28.0. The van der Waals surface area contributed by atoms with E-state index >= 15 is 0 Å². The van der Waals surface area contributed by atoms with Gasteiger partial charge in [0.15, 0.2) is 0 Å². The minimum absolute atomic E-state index is 0.277. The molecule has 1 atom stereocenters. The summed E-state index contributed by atoms with van der Waals surface area (Å²) in [6.45, 7) is 0. The molecule has 0 aliphatic carbocycles. The highest BCUT2D eigenvalue weighted by Gasteiger charge is 2.18. The number of hydrogen-bond acceptors (Lipinski definition) is 0. The smallest absolute Gasteiger partial charge is 0.141 e. The van der Waals surface area contributed by atoms with Crippen LogP contribution in [0.3, 0.4) is 0 Å². The lowest BCUT2D eigenvalue weighted by Gasteiger charge is -2.13. The van der Waals surface area contributed by atoms with Gasteiger partial charge in [0, 0.05) is 21.0 Å². The van der Waals surface area contributed by atoms with E-state index in [0.717, 1.165) is 0 Å². The Bertz CT molecular complexity index is 582. The fourth-order valence-corrected chi connectivity index (χ4v) is 3.08. The third-order valence-corrected chi connectivity index (χ3v) is 4.55. The monoisotopic (exact) mass is 408 g/mol. The third-order valence-electron chi connectivity index (χ3n) is 2.76. The van der Waals surface area contributed by atoms with E-state index in [1.807, 2.05) is 0 Å². The molecule has 2 aromatic rings. The average molecular weight is 410 g/mol. The SMILES string of the molecule is Fc1cccc(Cl)c1CC(Br)c1cccc(Br)c1F. The molecule has 0 aromatic heterocycles. The molecule has 2 rings (SSSR count). The van der Waals surface area contributed by atoms with Crippen molar-refractivity contribution in [2.45, 2.75) is 11.2 Å². The third kappa shape index (κ3) is 3.36. The van der Waals surface area contributed by atoms with Crippen LogP contribution in [0, 0.1) is 11.6 Å². The molecule has 0 fully saturated rings. The number of hydrogen-bond donors (Lipinski definition) is 0. The fraction of sp³-hybridized carbons (Fsp3) is 0.143. The van der Waals surface area contributed by atoms with Gasteiger partial charge in [-0.1, -0.05) is 45.7 Å². The van der Waals surface area contributed by atoms with Crippen LogP contribution < -0.4 is 0 Å². The van der Waals surface area contributed by atoms with Crippen molar-refractivity contribution < 1.29 is 8.78 Å². The van der Waals surface area contributed by atoms with Crippen molar-refractivity contribution in [3.8, 4) is 0 Å². The van der Waals surface area contributed by atoms with Crippen LogP contribution in [0.4, 0.5) is 8.78 Å². The van der Waals surface area contributed by atoms with E-state index in [4.69, 9.17) is 11.6 Å². The highest BCUT2D eigenvalue weighted by molar-refractivity contribution is 9.10. The van der Waals surface area contributed by atoms with Gasteiger partial charge in [-0.2, -0.15) is 0 Å². The van der Waals surface area contributed by atoms with Gasteiger partial charge in [0.25, 0.3) is 0 Å². The zero-order valence-corrected chi connectivity index (χ0v) is 13.6. The summed E-state index contributed by atoms with van der Waals surface area (Å²) >= 11 is 12.5. The Morgan fingerprint density at radius 2 is 1.79 bits per heavy atom. The minimum Gasteiger partial charge on any atom is -0.207 e. The summed E-state index contributed by atoms with van der Waals surface area (Å²) in [5.41, 5.74) is 0.846. The molecule has 2 aromatic carbocycles. The molecule has 0 saturated heterocycles. The molecule has 0 aliphatic heterocycles. The molecule has 0 bridgehead atoms. The first-order valence-electron chi connectivity index (χ1n) is 5.51. The Hall–Kier alpha value is -0.450. The number of alkyl halides is 1. The van der Waals surface area contributed by atoms with E-state index in [1.54, 1.807) is 30.3 Å². The zero-order chi connectivity index (χ0) is 14.0. The minimum atomic E-state index is -0.382. The maximum absolute atomic E-state index is 14.0. The van der Waals surface area contributed by atoms with Gasteiger partial charge in [-0.05, 0) is 40.5 Å². The van der Waals surface area contributed by atoms with Crippen molar-refractivity contribution in [2.24, 2.45) is 0 Å². The lowest BCUT2D eigenvalue weighted by Crippen LogP contribution is -2.01. The maximum atomic E-state index is 14.0. The van der Waals surface area contributed by atoms with Crippen molar-refractivity contribution in [3.05, 3.63) is 68.7 Å². The molecule has 0 N–H and O–H groups in total. The molecule has 0 nitrogen and oxygen atoms in total. The zero-order valence-electron chi connectivity index (χ0n) is 9.64. The van der Waals surface area contributed by atoms with Crippen LogP contribution >= 0.6 is 43.5 Å². The Morgan fingerprint density at radius 1 is 1.11 bits per heavy atom. The predicted molar refractivity (Wildman–Crippen MR) is 80.9 cm³/mol. The molecule has 19 heavy (non-hydrogen) atoms. The van der Waals surface area contributed by atoms with Gasteiger partial charge in [0.1, 0.15) is 11.6 Å². The van der Waals surface area contributed by atoms with Gasteiger partial charge in [0.2, 0.25) is 0 Å². The summed E-state index contributed by atoms with van der Waals surface area (Å²) in [7, 11) is 0. The first-order chi connectivity index (χ1) is 9.00. The largest absolute Gasteiger partial charge is 0.207 e. The van der Waals surface area contributed by atoms with Crippen molar-refractivity contribution >= 4 is 43.5 Å². The molecular weight excluding hydrogens is 401 g/mol. The van der Waals surface area contributed by atoms with Crippen molar-refractivity contribution in [1.82, 2.24) is 0 Å². The molecular formula is C14H9Br2ClF2. The molecule has 5 heteroatoms. The number of halogens is 5. The highest BCUT2D eigenvalue weighted by atomic mass is 79.9. The Kier molecular flexibility index (Phi) is 4.98. The quantitative estimate of drug-likeness (QED) is 0.540. The van der Waals surface area contributed by atoms with Crippen LogP contribution in [-0.4, -0.2) is 0 Å². The second kappa shape index (κ2) is 6.33. The van der Waals surface area contributed by atoms with Crippen molar-refractivity contribution in [2.75, 3.05) is 0 Å². The first-order valence-corrected chi connectivity index (χ1v) is 7.60. The first kappa shape index (κ1) is 14.9. The summed E-state index contributed by atoms with van der Waals surface area (Å²) in [5.74, 6) is -0.732. The van der Waals surface area contributed by atoms with E-state index < -0.39 is 0 Å². The molecule has 0 aliphatic rings. The predicted octanol–water partition coefficient (Wildman–Crippen LogP) is 6.06. The van der Waals surface area contributed by atoms with E-state index in [-0.39, 0.29) is 22.9 Å². The average Bonchev–Trinajstić information content (AvgIpc) is 2.37. The molecule has 0 heterocycles. The summed E-state index contributed by atoms with van der Waals surface area (Å²) in [5, 5.41) is 0.347. The van der Waals surface area contributed by atoms with Crippen LogP contribution in [0.25, 0.3) is 0 Å². The highest BCUT2D eigenvalue weighted by Crippen LogP contribution is 2.34. The Labute approximate surface area is 132 Å². The lowest BCUT2D eigenvalue weighted by molar-refractivity contribution is 0.591. The van der Waals surface area contributed by atoms with Gasteiger partial charge in [-0.15, -0.1) is 0 Å². The van der Waals surface area contributed by atoms with Crippen molar-refractivity contribution in [3.63, 3.8) is 0 Å². The molecule has 100 valence electrons. The maximum Gasteiger partial charge on any atom is 0.141 e. The Balaban J connectivity index is 2.31. The molecule has 0 spiro atoms. The van der Waals surface area contributed by atoms with Crippen molar-refractivity contribution in [1.29, 1.82) is 0 Å². The normalized spacial score (nSPS) is 12.5. The summed E-state index contributed by atoms with van der Waals surface area (Å²) in [6.07, 6.45) is 0.277. The van der Waals surface area contributed by atoms with E-state index in [2.05, 4.69) is 31.9 Å². The van der Waals surface area contributed by atoms with Gasteiger partial charge in [-0.25, -0.2) is 8.78 Å². The van der Waals surface area contributed by atoms with Crippen LogP contribution in [0.2, 0.25) is 5.02 Å². The standard InChI is InChI=1S/C14H9Br2ClF2/c15-10-4-1-3-8(14(10)19)11(16)7-9-12(17)5-2-6-13(9)18/h1-6,11H,7H2. The van der Waals surface area contributed by atoms with E-state index in [9.17, 15) is 8.78 Å². The van der Waals surface area contributed by atoms with Crippen LogP contribution in [-0.2, 0) is 6.42 Å². The van der Waals surface area contributed by atoms with Gasteiger partial charge >= 0.3 is 0 Å². The van der Waals surface area contributed by atoms with E-state index in [1.165, 1.54) is 6.07 Å². The number of benzene rings is 2. The van der Waals surface area contributed by atoms with Gasteiger partial charge < -0.3 is 0 Å².